The fourth-order valence-electron chi connectivity index (χ4n) is 6.52. The van der Waals surface area contributed by atoms with Crippen molar-refractivity contribution in [2.45, 2.75) is 37.4 Å². The number of hydrogen-bond donors (Lipinski definition) is 0. The molecule has 4 aliphatic rings. The third-order valence-electron chi connectivity index (χ3n) is 8.60. The Bertz CT molecular complexity index is 1840. The van der Waals surface area contributed by atoms with Gasteiger partial charge in [0.2, 0.25) is 5.82 Å². The summed E-state index contributed by atoms with van der Waals surface area (Å²) in [5, 5.41) is 14.5. The monoisotopic (exact) mass is 634 g/mol. The van der Waals surface area contributed by atoms with Crippen molar-refractivity contribution < 1.29 is 36.3 Å². The molecule has 14 heteroatoms. The number of benzene rings is 3. The minimum atomic E-state index is -2.44. The fraction of sp³-hybridized carbons (Fsp3) is 0.250. The third kappa shape index (κ3) is 4.58. The Labute approximate surface area is 258 Å². The highest BCUT2D eigenvalue weighted by Gasteiger charge is 2.57. The lowest BCUT2D eigenvalue weighted by molar-refractivity contribution is -0.136. The average molecular weight is 635 g/mol. The van der Waals surface area contributed by atoms with Gasteiger partial charge < -0.3 is 0 Å². The molecule has 0 radical (unpaired) electrons. The lowest BCUT2D eigenvalue weighted by atomic mass is 9.77. The largest absolute Gasteiger partial charge is 0.271 e. The second-order valence-corrected chi connectivity index (χ2v) is 11.3. The van der Waals surface area contributed by atoms with E-state index in [4.69, 9.17) is 5.10 Å². The molecule has 9 nitrogen and oxygen atoms in total. The predicted molar refractivity (Wildman–Crippen MR) is 153 cm³/mol. The molecule has 0 aromatic heterocycles. The number of allylic oxidation sites excluding steroid dienone is 1. The summed E-state index contributed by atoms with van der Waals surface area (Å²) < 4.78 is 70.7. The number of rotatable bonds is 5. The third-order valence-corrected chi connectivity index (χ3v) is 8.60. The first-order valence-corrected chi connectivity index (χ1v) is 14.5. The Kier molecular flexibility index (Phi) is 7.21. The molecule has 234 valence electrons. The van der Waals surface area contributed by atoms with Crippen molar-refractivity contribution in [3.63, 3.8) is 0 Å². The smallest absolute Gasteiger partial charge is 0.264 e. The SMILES string of the molecule is O=C1[C@@H]2[C@@H](N=NN2CC(=O)N2N=C3/C(=C\c4ccccc4)CCC[C@@H]3[C@@H]2c2ccccc2)C(=O)N1c1c(F)c(F)c(F)c(F)c1F. The summed E-state index contributed by atoms with van der Waals surface area (Å²) in [4.78, 5) is 40.2. The molecule has 0 N–H and O–H groups in total. The van der Waals surface area contributed by atoms with Crippen molar-refractivity contribution in [2.75, 3.05) is 11.4 Å². The lowest BCUT2D eigenvalue weighted by Crippen LogP contribution is -2.45. The highest BCUT2D eigenvalue weighted by Crippen LogP contribution is 2.45. The normalized spacial score (nSPS) is 24.6. The summed E-state index contributed by atoms with van der Waals surface area (Å²) in [6.07, 6.45) is 4.41. The number of nitrogens with zero attached hydrogens (tertiary/aromatic N) is 6. The molecule has 3 amide bonds. The molecule has 0 spiro atoms. The van der Waals surface area contributed by atoms with E-state index in [2.05, 4.69) is 10.3 Å². The van der Waals surface area contributed by atoms with Crippen LogP contribution < -0.4 is 4.90 Å². The average Bonchev–Trinajstić information content (AvgIpc) is 3.74. The molecule has 3 aromatic carbocycles. The lowest BCUT2D eigenvalue weighted by Gasteiger charge is -2.30. The molecule has 7 rings (SSSR count). The summed E-state index contributed by atoms with van der Waals surface area (Å²) >= 11 is 0. The summed E-state index contributed by atoms with van der Waals surface area (Å²) in [6, 6.07) is 15.2. The predicted octanol–water partition coefficient (Wildman–Crippen LogP) is 5.50. The van der Waals surface area contributed by atoms with Crippen LogP contribution in [0.25, 0.3) is 6.08 Å². The number of hydrogen-bond acceptors (Lipinski definition) is 7. The Morgan fingerprint density at radius 2 is 1.46 bits per heavy atom. The molecule has 0 bridgehead atoms. The van der Waals surface area contributed by atoms with Gasteiger partial charge in [0.25, 0.3) is 17.7 Å². The molecule has 0 unspecified atom stereocenters. The van der Waals surface area contributed by atoms with Gasteiger partial charge in [-0.2, -0.15) is 10.2 Å². The van der Waals surface area contributed by atoms with Gasteiger partial charge in [-0.25, -0.2) is 31.9 Å². The van der Waals surface area contributed by atoms with Gasteiger partial charge in [-0.15, -0.1) is 0 Å². The van der Waals surface area contributed by atoms with Crippen molar-refractivity contribution in [3.05, 3.63) is 106 Å². The van der Waals surface area contributed by atoms with Crippen LogP contribution in [0.15, 0.2) is 81.7 Å². The highest BCUT2D eigenvalue weighted by molar-refractivity contribution is 6.25. The van der Waals surface area contributed by atoms with Gasteiger partial charge in [0.05, 0.1) is 11.8 Å². The van der Waals surface area contributed by atoms with Crippen molar-refractivity contribution in [2.24, 2.45) is 21.4 Å². The van der Waals surface area contributed by atoms with E-state index < -0.39 is 77.2 Å². The molecule has 2 fully saturated rings. The van der Waals surface area contributed by atoms with Crippen molar-refractivity contribution >= 4 is 35.2 Å². The summed E-state index contributed by atoms with van der Waals surface area (Å²) in [5.74, 6) is -15.2. The first-order chi connectivity index (χ1) is 22.2. The molecular weight excluding hydrogens is 611 g/mol. The fourth-order valence-corrected chi connectivity index (χ4v) is 6.52. The van der Waals surface area contributed by atoms with E-state index in [0.29, 0.717) is 0 Å². The highest BCUT2D eigenvalue weighted by atomic mass is 19.2. The minimum absolute atomic E-state index is 0.126. The Balaban J connectivity index is 1.20. The first-order valence-electron chi connectivity index (χ1n) is 14.5. The van der Waals surface area contributed by atoms with Gasteiger partial charge in [0.1, 0.15) is 12.2 Å². The van der Waals surface area contributed by atoms with Gasteiger partial charge in [0.15, 0.2) is 35.4 Å². The maximum absolute atomic E-state index is 14.6. The van der Waals surface area contributed by atoms with Crippen molar-refractivity contribution in [3.8, 4) is 0 Å². The minimum Gasteiger partial charge on any atom is -0.271 e. The van der Waals surface area contributed by atoms with E-state index in [1.54, 1.807) is 0 Å². The van der Waals surface area contributed by atoms with Crippen LogP contribution in [0.3, 0.4) is 0 Å². The molecule has 1 saturated heterocycles. The zero-order valence-corrected chi connectivity index (χ0v) is 23.8. The van der Waals surface area contributed by atoms with E-state index in [1.165, 1.54) is 5.01 Å². The van der Waals surface area contributed by atoms with Gasteiger partial charge in [-0.1, -0.05) is 65.9 Å². The first kappa shape index (κ1) is 29.4. The molecule has 1 saturated carbocycles. The molecular formula is C32H23F5N6O3. The van der Waals surface area contributed by atoms with Crippen LogP contribution in [-0.4, -0.2) is 52.1 Å². The molecule has 3 aliphatic heterocycles. The summed E-state index contributed by atoms with van der Waals surface area (Å²) in [7, 11) is 0. The van der Waals surface area contributed by atoms with Gasteiger partial charge >= 0.3 is 0 Å². The van der Waals surface area contributed by atoms with Crippen LogP contribution in [0.5, 0.6) is 0 Å². The number of amides is 3. The van der Waals surface area contributed by atoms with Crippen LogP contribution in [0.2, 0.25) is 0 Å². The van der Waals surface area contributed by atoms with Gasteiger partial charge in [0, 0.05) is 5.92 Å². The Hall–Kier alpha value is -5.27. The Morgan fingerprint density at radius 3 is 2.13 bits per heavy atom. The number of imide groups is 1. The topological polar surface area (TPSA) is 98.0 Å². The Morgan fingerprint density at radius 1 is 0.826 bits per heavy atom. The van der Waals surface area contributed by atoms with Gasteiger partial charge in [-0.05, 0) is 42.0 Å². The molecule has 1 aliphatic carbocycles. The quantitative estimate of drug-likeness (QED) is 0.160. The van der Waals surface area contributed by atoms with E-state index in [-0.39, 0.29) is 10.8 Å². The van der Waals surface area contributed by atoms with E-state index in [9.17, 15) is 36.3 Å². The maximum Gasteiger partial charge on any atom is 0.264 e. The van der Waals surface area contributed by atoms with Crippen LogP contribution >= 0.6 is 0 Å². The van der Waals surface area contributed by atoms with Crippen LogP contribution in [0.4, 0.5) is 27.6 Å². The van der Waals surface area contributed by atoms with E-state index >= 15 is 0 Å². The molecule has 3 aromatic rings. The molecule has 3 heterocycles. The van der Waals surface area contributed by atoms with Crippen molar-refractivity contribution in [1.82, 2.24) is 10.0 Å². The number of carbonyl (C=O) groups excluding carboxylic acids is 3. The van der Waals surface area contributed by atoms with Crippen LogP contribution in [0.1, 0.15) is 36.4 Å². The van der Waals surface area contributed by atoms with E-state index in [0.717, 1.165) is 46.7 Å². The number of fused-ring (bicyclic) bond motifs is 2. The van der Waals surface area contributed by atoms with Crippen LogP contribution in [-0.2, 0) is 14.4 Å². The van der Waals surface area contributed by atoms with E-state index in [1.807, 2.05) is 66.7 Å². The summed E-state index contributed by atoms with van der Waals surface area (Å²) in [6.45, 7) is -0.612. The van der Waals surface area contributed by atoms with Crippen LogP contribution in [0, 0.1) is 35.0 Å². The van der Waals surface area contributed by atoms with Gasteiger partial charge in [-0.3, -0.25) is 19.4 Å². The standard InChI is InChI=1S/C32H23F5N6O3/c33-21-22(34)24(36)29(25(37)23(21)35)42-31(45)27-30(32(42)46)41(40-38-27)15-20(44)43-28(17-10-5-2-6-11-17)19-13-7-12-18(26(19)39-43)14-16-8-3-1-4-9-16/h1-6,8-11,14,19,27-28,30H,7,12-13,15H2/b18-14-/t19-,27+,28-,30-/m0/s1. The molecule has 4 atom stereocenters. The number of hydrazone groups is 1. The second-order valence-electron chi connectivity index (χ2n) is 11.3. The zero-order valence-electron chi connectivity index (χ0n) is 23.8. The number of carbonyl (C=O) groups is 3. The maximum atomic E-state index is 14.6. The summed E-state index contributed by atoms with van der Waals surface area (Å²) in [5.41, 5.74) is 1.83. The molecule has 46 heavy (non-hydrogen) atoms. The number of anilines is 1. The number of halogens is 5. The second kappa shape index (κ2) is 11.3. The van der Waals surface area contributed by atoms with Crippen molar-refractivity contribution in [1.29, 1.82) is 0 Å². The zero-order chi connectivity index (χ0) is 32.3.